The van der Waals surface area contributed by atoms with Gasteiger partial charge in [0.1, 0.15) is 0 Å². The molecule has 1 fully saturated rings. The lowest BCUT2D eigenvalue weighted by Crippen LogP contribution is -2.60. The minimum atomic E-state index is 0. The van der Waals surface area contributed by atoms with Gasteiger partial charge in [0.15, 0.2) is 11.5 Å². The maximum Gasteiger partial charge on any atom is 0.183 e. The van der Waals surface area contributed by atoms with E-state index in [1.54, 1.807) is 14.2 Å². The summed E-state index contributed by atoms with van der Waals surface area (Å²) in [5.74, 6) is 1.53. The number of hydrogen-bond acceptors (Lipinski definition) is 4. The molecule has 5 heteroatoms. The molecule has 22 heavy (non-hydrogen) atoms. The van der Waals surface area contributed by atoms with E-state index in [1.165, 1.54) is 0 Å². The van der Waals surface area contributed by atoms with Crippen LogP contribution in [0.1, 0.15) is 40.5 Å². The molecule has 1 aromatic carbocycles. The molecule has 1 heterocycles. The van der Waals surface area contributed by atoms with Crippen LogP contribution < -0.4 is 20.1 Å². The highest BCUT2D eigenvalue weighted by molar-refractivity contribution is 5.85. The van der Waals surface area contributed by atoms with Gasteiger partial charge in [-0.05, 0) is 52.7 Å². The van der Waals surface area contributed by atoms with Crippen LogP contribution in [-0.2, 0) is 0 Å². The molecule has 1 aliphatic rings. The molecule has 0 unspecified atom stereocenters. The first kappa shape index (κ1) is 18.9. The molecule has 2 N–H and O–H groups in total. The van der Waals surface area contributed by atoms with Crippen molar-refractivity contribution in [1.29, 1.82) is 0 Å². The van der Waals surface area contributed by atoms with Crippen molar-refractivity contribution >= 4 is 18.1 Å². The zero-order valence-corrected chi connectivity index (χ0v) is 15.3. The highest BCUT2D eigenvalue weighted by Gasteiger charge is 2.37. The molecule has 126 valence electrons. The van der Waals surface area contributed by atoms with Gasteiger partial charge in [0.2, 0.25) is 0 Å². The number of benzene rings is 1. The summed E-state index contributed by atoms with van der Waals surface area (Å²) < 4.78 is 10.9. The average molecular weight is 329 g/mol. The molecule has 0 radical (unpaired) electrons. The Bertz CT molecular complexity index is 487. The van der Waals surface area contributed by atoms with Crippen LogP contribution in [0.2, 0.25) is 0 Å². The van der Waals surface area contributed by atoms with Gasteiger partial charge in [0.25, 0.3) is 0 Å². The molecule has 1 aliphatic heterocycles. The second kappa shape index (κ2) is 6.97. The Hall–Kier alpha value is -1.13. The number of methoxy groups -OCH3 is 2. The second-order valence-electron chi connectivity index (χ2n) is 7.18. The molecule has 1 aromatic rings. The maximum atomic E-state index is 5.51. The summed E-state index contributed by atoms with van der Waals surface area (Å²) in [7, 11) is 3.34. The summed E-state index contributed by atoms with van der Waals surface area (Å²) in [5, 5.41) is 7.34. The Morgan fingerprint density at radius 1 is 1.05 bits per heavy atom. The fraction of sp³-hybridized carbons (Fsp3) is 0.647. The van der Waals surface area contributed by atoms with Crippen LogP contribution in [0.5, 0.6) is 11.5 Å². The fourth-order valence-electron chi connectivity index (χ4n) is 3.65. The van der Waals surface area contributed by atoms with Gasteiger partial charge in [0, 0.05) is 17.1 Å². The van der Waals surface area contributed by atoms with Crippen LogP contribution in [0.15, 0.2) is 18.2 Å². The molecule has 0 saturated carbocycles. The minimum absolute atomic E-state index is 0. The van der Waals surface area contributed by atoms with Gasteiger partial charge in [-0.1, -0.05) is 6.07 Å². The molecule has 0 aromatic heterocycles. The third-order valence-corrected chi connectivity index (χ3v) is 3.95. The van der Waals surface area contributed by atoms with Crippen LogP contribution in [-0.4, -0.2) is 31.3 Å². The molecular weight excluding hydrogens is 300 g/mol. The smallest absolute Gasteiger partial charge is 0.183 e. The lowest BCUT2D eigenvalue weighted by atomic mass is 9.79. The number of anilines is 1. The summed E-state index contributed by atoms with van der Waals surface area (Å²) in [6, 6.07) is 6.35. The van der Waals surface area contributed by atoms with Crippen LogP contribution in [0.25, 0.3) is 0 Å². The van der Waals surface area contributed by atoms with Crippen LogP contribution in [0.3, 0.4) is 0 Å². The quantitative estimate of drug-likeness (QED) is 0.881. The molecule has 1 saturated heterocycles. The van der Waals surface area contributed by atoms with Gasteiger partial charge in [0.05, 0.1) is 19.9 Å². The van der Waals surface area contributed by atoms with Crippen molar-refractivity contribution in [2.45, 2.75) is 57.7 Å². The Morgan fingerprint density at radius 2 is 1.64 bits per heavy atom. The number of rotatable bonds is 4. The Labute approximate surface area is 140 Å². The third-order valence-electron chi connectivity index (χ3n) is 3.95. The van der Waals surface area contributed by atoms with E-state index in [1.807, 2.05) is 18.2 Å². The highest BCUT2D eigenvalue weighted by atomic mass is 35.5. The van der Waals surface area contributed by atoms with E-state index >= 15 is 0 Å². The van der Waals surface area contributed by atoms with Crippen molar-refractivity contribution in [2.24, 2.45) is 0 Å². The lowest BCUT2D eigenvalue weighted by Gasteiger charge is -2.47. The van der Waals surface area contributed by atoms with Crippen molar-refractivity contribution in [1.82, 2.24) is 5.32 Å². The summed E-state index contributed by atoms with van der Waals surface area (Å²) in [4.78, 5) is 0. The molecule has 2 rings (SSSR count). The fourth-order valence-corrected chi connectivity index (χ4v) is 3.65. The van der Waals surface area contributed by atoms with E-state index in [0.717, 1.165) is 30.0 Å². The Balaban J connectivity index is 0.00000242. The number of para-hydroxylation sites is 1. The predicted octanol–water partition coefficient (Wildman–Crippen LogP) is 3.85. The highest BCUT2D eigenvalue weighted by Crippen LogP contribution is 2.37. The van der Waals surface area contributed by atoms with Crippen molar-refractivity contribution < 1.29 is 9.47 Å². The molecule has 0 atom stereocenters. The first-order valence-corrected chi connectivity index (χ1v) is 7.53. The monoisotopic (exact) mass is 328 g/mol. The van der Waals surface area contributed by atoms with Crippen LogP contribution >= 0.6 is 12.4 Å². The third kappa shape index (κ3) is 4.43. The second-order valence-corrected chi connectivity index (χ2v) is 7.18. The zero-order chi connectivity index (χ0) is 15.7. The Kier molecular flexibility index (Phi) is 5.99. The van der Waals surface area contributed by atoms with E-state index in [0.29, 0.717) is 6.04 Å². The summed E-state index contributed by atoms with van der Waals surface area (Å²) >= 11 is 0. The van der Waals surface area contributed by atoms with E-state index in [2.05, 4.69) is 38.3 Å². The van der Waals surface area contributed by atoms with Crippen molar-refractivity contribution in [3.05, 3.63) is 18.2 Å². The molecule has 0 aliphatic carbocycles. The summed E-state index contributed by atoms with van der Waals surface area (Å²) in [5.41, 5.74) is 1.23. The van der Waals surface area contributed by atoms with Crippen molar-refractivity contribution in [3.63, 3.8) is 0 Å². The first-order valence-electron chi connectivity index (χ1n) is 7.53. The minimum Gasteiger partial charge on any atom is -0.493 e. The van der Waals surface area contributed by atoms with E-state index < -0.39 is 0 Å². The van der Waals surface area contributed by atoms with Crippen LogP contribution in [0, 0.1) is 0 Å². The van der Waals surface area contributed by atoms with Crippen LogP contribution in [0.4, 0.5) is 5.69 Å². The lowest BCUT2D eigenvalue weighted by molar-refractivity contribution is 0.170. The van der Waals surface area contributed by atoms with E-state index in [-0.39, 0.29) is 23.5 Å². The Morgan fingerprint density at radius 3 is 2.14 bits per heavy atom. The molecule has 0 bridgehead atoms. The molecule has 4 nitrogen and oxygen atoms in total. The first-order chi connectivity index (χ1) is 9.76. The van der Waals surface area contributed by atoms with E-state index in [9.17, 15) is 0 Å². The summed E-state index contributed by atoms with van der Waals surface area (Å²) in [6.45, 7) is 9.02. The molecule has 0 amide bonds. The normalized spacial score (nSPS) is 19.9. The maximum absolute atomic E-state index is 5.51. The van der Waals surface area contributed by atoms with Crippen molar-refractivity contribution in [3.8, 4) is 11.5 Å². The van der Waals surface area contributed by atoms with Gasteiger partial charge in [-0.3, -0.25) is 0 Å². The van der Waals surface area contributed by atoms with Crippen molar-refractivity contribution in [2.75, 3.05) is 19.5 Å². The SMILES string of the molecule is COc1cccc(NC2CC(C)(C)NC(C)(C)C2)c1OC.Cl. The number of halogens is 1. The number of ether oxygens (including phenoxy) is 2. The van der Waals surface area contributed by atoms with Gasteiger partial charge >= 0.3 is 0 Å². The molecule has 0 spiro atoms. The predicted molar refractivity (Wildman–Crippen MR) is 94.7 cm³/mol. The van der Waals surface area contributed by atoms with Gasteiger partial charge in [-0.2, -0.15) is 0 Å². The number of hydrogen-bond donors (Lipinski definition) is 2. The van der Waals surface area contributed by atoms with Gasteiger partial charge < -0.3 is 20.1 Å². The van der Waals surface area contributed by atoms with Gasteiger partial charge in [-0.25, -0.2) is 0 Å². The topological polar surface area (TPSA) is 42.5 Å². The number of piperidine rings is 1. The number of nitrogens with one attached hydrogen (secondary N) is 2. The van der Waals surface area contributed by atoms with Gasteiger partial charge in [-0.15, -0.1) is 12.4 Å². The van der Waals surface area contributed by atoms with E-state index in [4.69, 9.17) is 9.47 Å². The zero-order valence-electron chi connectivity index (χ0n) is 14.4. The largest absolute Gasteiger partial charge is 0.493 e. The summed E-state index contributed by atoms with van der Waals surface area (Å²) in [6.07, 6.45) is 2.13. The average Bonchev–Trinajstić information content (AvgIpc) is 2.34. The standard InChI is InChI=1S/C17H28N2O2.ClH/c1-16(2)10-12(11-17(3,4)19-16)18-13-8-7-9-14(20-5)15(13)21-6;/h7-9,12,18-19H,10-11H2,1-6H3;1H. The molecular formula is C17H29ClN2O2.